The monoisotopic (exact) mass is 173 g/mol. The van der Waals surface area contributed by atoms with Crippen molar-refractivity contribution in [2.24, 2.45) is 0 Å². The van der Waals surface area contributed by atoms with Gasteiger partial charge in [-0.15, -0.1) is 0 Å². The van der Waals surface area contributed by atoms with Crippen LogP contribution in [0.2, 0.25) is 0 Å². The predicted molar refractivity (Wildman–Crippen MR) is 48.1 cm³/mol. The molecule has 2 nitrogen and oxygen atoms in total. The molecule has 2 fully saturated rings. The number of rotatable bonds is 2. The second-order valence-electron chi connectivity index (χ2n) is 3.24. The molecule has 2 saturated heterocycles. The second-order valence-corrected chi connectivity index (χ2v) is 4.85. The molecule has 64 valence electrons. The SMILES string of the molecule is C1CC(SC2COC2)CCN1. The molecule has 0 unspecified atom stereocenters. The summed E-state index contributed by atoms with van der Waals surface area (Å²) in [6, 6.07) is 0. The molecule has 0 aliphatic carbocycles. The molecule has 0 aromatic rings. The summed E-state index contributed by atoms with van der Waals surface area (Å²) in [7, 11) is 0. The van der Waals surface area contributed by atoms with Crippen LogP contribution in [0.5, 0.6) is 0 Å². The lowest BCUT2D eigenvalue weighted by Crippen LogP contribution is -2.36. The molecule has 0 aromatic heterocycles. The highest BCUT2D eigenvalue weighted by Gasteiger charge is 2.24. The first-order chi connectivity index (χ1) is 5.45. The minimum Gasteiger partial charge on any atom is -0.379 e. The fraction of sp³-hybridized carbons (Fsp3) is 1.00. The molecule has 0 spiro atoms. The standard InChI is InChI=1S/C8H15NOS/c1-3-9-4-2-7(1)11-8-5-10-6-8/h7-9H,1-6H2. The molecular formula is C8H15NOS. The summed E-state index contributed by atoms with van der Waals surface area (Å²) in [6.07, 6.45) is 2.70. The number of thioether (sulfide) groups is 1. The van der Waals surface area contributed by atoms with Crippen molar-refractivity contribution in [3.63, 3.8) is 0 Å². The molecule has 0 atom stereocenters. The van der Waals surface area contributed by atoms with Gasteiger partial charge in [-0.05, 0) is 25.9 Å². The molecular weight excluding hydrogens is 158 g/mol. The van der Waals surface area contributed by atoms with E-state index in [-0.39, 0.29) is 0 Å². The van der Waals surface area contributed by atoms with Crippen molar-refractivity contribution >= 4 is 11.8 Å². The summed E-state index contributed by atoms with van der Waals surface area (Å²) in [5.41, 5.74) is 0. The molecule has 0 saturated carbocycles. The topological polar surface area (TPSA) is 21.3 Å². The molecule has 0 amide bonds. The van der Waals surface area contributed by atoms with Crippen LogP contribution in [0.4, 0.5) is 0 Å². The Balaban J connectivity index is 1.67. The van der Waals surface area contributed by atoms with Crippen LogP contribution in [0.1, 0.15) is 12.8 Å². The van der Waals surface area contributed by atoms with Crippen molar-refractivity contribution in [3.05, 3.63) is 0 Å². The van der Waals surface area contributed by atoms with Gasteiger partial charge in [-0.2, -0.15) is 11.8 Å². The molecule has 2 rings (SSSR count). The normalized spacial score (nSPS) is 28.4. The highest BCUT2D eigenvalue weighted by atomic mass is 32.2. The third kappa shape index (κ3) is 2.10. The van der Waals surface area contributed by atoms with Crippen LogP contribution >= 0.6 is 11.8 Å². The van der Waals surface area contributed by atoms with E-state index in [1.54, 1.807) is 0 Å². The highest BCUT2D eigenvalue weighted by molar-refractivity contribution is 8.00. The zero-order valence-electron chi connectivity index (χ0n) is 6.71. The van der Waals surface area contributed by atoms with Gasteiger partial charge in [-0.25, -0.2) is 0 Å². The summed E-state index contributed by atoms with van der Waals surface area (Å²) >= 11 is 2.14. The molecule has 2 aliphatic heterocycles. The predicted octanol–water partition coefficient (Wildman–Crippen LogP) is 0.870. The van der Waals surface area contributed by atoms with Gasteiger partial charge in [0, 0.05) is 5.25 Å². The van der Waals surface area contributed by atoms with E-state index in [0.717, 1.165) is 23.7 Å². The lowest BCUT2D eigenvalue weighted by Gasteiger charge is -2.31. The average molecular weight is 173 g/mol. The van der Waals surface area contributed by atoms with Crippen molar-refractivity contribution in [2.75, 3.05) is 26.3 Å². The Morgan fingerprint density at radius 2 is 1.82 bits per heavy atom. The Labute approximate surface area is 72.1 Å². The minimum absolute atomic E-state index is 0.818. The largest absolute Gasteiger partial charge is 0.379 e. The van der Waals surface area contributed by atoms with Gasteiger partial charge < -0.3 is 10.1 Å². The first kappa shape index (κ1) is 7.90. The maximum Gasteiger partial charge on any atom is 0.0608 e. The summed E-state index contributed by atoms with van der Waals surface area (Å²) in [5.74, 6) is 0. The summed E-state index contributed by atoms with van der Waals surface area (Å²) < 4.78 is 5.14. The smallest absolute Gasteiger partial charge is 0.0608 e. The summed E-state index contributed by atoms with van der Waals surface area (Å²) in [4.78, 5) is 0. The van der Waals surface area contributed by atoms with Crippen LogP contribution in [0, 0.1) is 0 Å². The number of hydrogen-bond donors (Lipinski definition) is 1. The lowest BCUT2D eigenvalue weighted by atomic mass is 10.2. The van der Waals surface area contributed by atoms with E-state index >= 15 is 0 Å². The fourth-order valence-corrected chi connectivity index (χ4v) is 2.90. The quantitative estimate of drug-likeness (QED) is 0.669. The first-order valence-corrected chi connectivity index (χ1v) is 5.33. The van der Waals surface area contributed by atoms with Crippen molar-refractivity contribution in [1.82, 2.24) is 5.32 Å². The van der Waals surface area contributed by atoms with Gasteiger partial charge in [0.25, 0.3) is 0 Å². The first-order valence-electron chi connectivity index (χ1n) is 4.39. The highest BCUT2D eigenvalue weighted by Crippen LogP contribution is 2.28. The van der Waals surface area contributed by atoms with Crippen LogP contribution in [-0.2, 0) is 4.74 Å². The lowest BCUT2D eigenvalue weighted by molar-refractivity contribution is 0.0452. The minimum atomic E-state index is 0.818. The van der Waals surface area contributed by atoms with Gasteiger partial charge >= 0.3 is 0 Å². The van der Waals surface area contributed by atoms with Gasteiger partial charge in [0.05, 0.1) is 18.5 Å². The summed E-state index contributed by atoms with van der Waals surface area (Å²) in [6.45, 7) is 4.42. The number of hydrogen-bond acceptors (Lipinski definition) is 3. The van der Waals surface area contributed by atoms with Gasteiger partial charge in [-0.3, -0.25) is 0 Å². The van der Waals surface area contributed by atoms with Gasteiger partial charge in [0.2, 0.25) is 0 Å². The van der Waals surface area contributed by atoms with E-state index in [9.17, 15) is 0 Å². The van der Waals surface area contributed by atoms with Crippen molar-refractivity contribution in [1.29, 1.82) is 0 Å². The van der Waals surface area contributed by atoms with Gasteiger partial charge in [0.15, 0.2) is 0 Å². The van der Waals surface area contributed by atoms with E-state index in [1.165, 1.54) is 25.9 Å². The Morgan fingerprint density at radius 3 is 2.36 bits per heavy atom. The fourth-order valence-electron chi connectivity index (χ4n) is 1.50. The van der Waals surface area contributed by atoms with Crippen molar-refractivity contribution in [2.45, 2.75) is 23.3 Å². The van der Waals surface area contributed by atoms with Crippen molar-refractivity contribution in [3.8, 4) is 0 Å². The Hall–Kier alpha value is 0.270. The third-order valence-electron chi connectivity index (χ3n) is 2.28. The molecule has 2 aliphatic rings. The van der Waals surface area contributed by atoms with E-state index in [2.05, 4.69) is 17.1 Å². The van der Waals surface area contributed by atoms with Crippen LogP contribution < -0.4 is 5.32 Å². The maximum atomic E-state index is 5.14. The third-order valence-corrected chi connectivity index (χ3v) is 3.79. The van der Waals surface area contributed by atoms with Crippen LogP contribution in [0.25, 0.3) is 0 Å². The number of nitrogens with one attached hydrogen (secondary N) is 1. The Bertz CT molecular complexity index is 121. The second kappa shape index (κ2) is 3.78. The van der Waals surface area contributed by atoms with E-state index in [4.69, 9.17) is 4.74 Å². The number of piperidine rings is 1. The maximum absolute atomic E-state index is 5.14. The van der Waals surface area contributed by atoms with E-state index < -0.39 is 0 Å². The van der Waals surface area contributed by atoms with Gasteiger partial charge in [0.1, 0.15) is 0 Å². The molecule has 3 heteroatoms. The van der Waals surface area contributed by atoms with Crippen LogP contribution in [0.3, 0.4) is 0 Å². The molecule has 2 heterocycles. The Morgan fingerprint density at radius 1 is 1.09 bits per heavy atom. The number of ether oxygens (including phenoxy) is 1. The molecule has 0 aromatic carbocycles. The summed E-state index contributed by atoms with van der Waals surface area (Å²) in [5, 5.41) is 5.10. The van der Waals surface area contributed by atoms with Crippen molar-refractivity contribution < 1.29 is 4.74 Å². The van der Waals surface area contributed by atoms with E-state index in [1.807, 2.05) is 0 Å². The molecule has 0 radical (unpaired) electrons. The molecule has 0 bridgehead atoms. The Kier molecular flexibility index (Phi) is 2.72. The van der Waals surface area contributed by atoms with Crippen LogP contribution in [0.15, 0.2) is 0 Å². The van der Waals surface area contributed by atoms with E-state index in [0.29, 0.717) is 0 Å². The zero-order valence-corrected chi connectivity index (χ0v) is 7.53. The van der Waals surface area contributed by atoms with Crippen LogP contribution in [-0.4, -0.2) is 36.8 Å². The molecule has 1 N–H and O–H groups in total. The average Bonchev–Trinajstić information content (AvgIpc) is 1.99. The van der Waals surface area contributed by atoms with Gasteiger partial charge in [-0.1, -0.05) is 0 Å². The molecule has 11 heavy (non-hydrogen) atoms. The zero-order chi connectivity index (χ0) is 7.52.